The van der Waals surface area contributed by atoms with E-state index in [1.807, 2.05) is 6.92 Å². The molecule has 0 aromatic heterocycles. The van der Waals surface area contributed by atoms with Gasteiger partial charge in [-0.2, -0.15) is 0 Å². The van der Waals surface area contributed by atoms with E-state index < -0.39 is 21.6 Å². The Balaban J connectivity index is 2.08. The lowest BCUT2D eigenvalue weighted by Crippen LogP contribution is -2.54. The highest BCUT2D eigenvalue weighted by molar-refractivity contribution is 7.91. The van der Waals surface area contributed by atoms with Crippen LogP contribution in [0.25, 0.3) is 0 Å². The average Bonchev–Trinajstić information content (AvgIpc) is 2.47. The molecule has 1 saturated heterocycles. The maximum Gasteiger partial charge on any atom is 0.226 e. The van der Waals surface area contributed by atoms with E-state index in [0.29, 0.717) is 19.6 Å². The zero-order chi connectivity index (χ0) is 16.3. The quantitative estimate of drug-likeness (QED) is 0.839. The summed E-state index contributed by atoms with van der Waals surface area (Å²) in [6, 6.07) is 4.73. The molecule has 7 heteroatoms. The minimum Gasteiger partial charge on any atom is -0.337 e. The summed E-state index contributed by atoms with van der Waals surface area (Å²) in [4.78, 5) is 14.2. The second-order valence-corrected chi connectivity index (χ2v) is 7.76. The van der Waals surface area contributed by atoms with Crippen molar-refractivity contribution in [3.05, 3.63) is 30.1 Å². The molecule has 2 atom stereocenters. The highest BCUT2D eigenvalue weighted by Gasteiger charge is 2.30. The van der Waals surface area contributed by atoms with Crippen molar-refractivity contribution in [3.8, 4) is 0 Å². The van der Waals surface area contributed by atoms with Gasteiger partial charge in [-0.25, -0.2) is 12.8 Å². The van der Waals surface area contributed by atoms with E-state index in [1.54, 1.807) is 11.8 Å². The Morgan fingerprint density at radius 3 is 2.64 bits per heavy atom. The van der Waals surface area contributed by atoms with Crippen LogP contribution >= 0.6 is 0 Å². The lowest BCUT2D eigenvalue weighted by Gasteiger charge is -2.35. The fourth-order valence-corrected chi connectivity index (χ4v) is 4.13. The van der Waals surface area contributed by atoms with Crippen LogP contribution in [-0.4, -0.2) is 50.7 Å². The number of halogens is 1. The van der Waals surface area contributed by atoms with Crippen LogP contribution in [0.2, 0.25) is 0 Å². The lowest BCUT2D eigenvalue weighted by molar-refractivity contribution is -0.137. The summed E-state index contributed by atoms with van der Waals surface area (Å²) in [7, 11) is -3.61. The van der Waals surface area contributed by atoms with Crippen molar-refractivity contribution >= 4 is 15.7 Å². The summed E-state index contributed by atoms with van der Waals surface area (Å²) in [5.41, 5.74) is 0. The first-order valence-electron chi connectivity index (χ1n) is 7.31. The van der Waals surface area contributed by atoms with Gasteiger partial charge in [0.25, 0.3) is 0 Å². The van der Waals surface area contributed by atoms with Crippen LogP contribution in [0.3, 0.4) is 0 Å². The molecule has 22 heavy (non-hydrogen) atoms. The topological polar surface area (TPSA) is 66.5 Å². The second kappa shape index (κ2) is 6.75. The Hall–Kier alpha value is -1.47. The van der Waals surface area contributed by atoms with Gasteiger partial charge in [0.1, 0.15) is 5.82 Å². The monoisotopic (exact) mass is 328 g/mol. The minimum absolute atomic E-state index is 0.0434. The first-order valence-corrected chi connectivity index (χ1v) is 8.96. The number of piperazine rings is 1. The van der Waals surface area contributed by atoms with Gasteiger partial charge < -0.3 is 10.2 Å². The molecule has 1 aliphatic rings. The molecule has 1 N–H and O–H groups in total. The van der Waals surface area contributed by atoms with E-state index in [-0.39, 0.29) is 22.6 Å². The Morgan fingerprint density at radius 1 is 1.41 bits per heavy atom. The molecule has 122 valence electrons. The Bertz CT molecular complexity index is 631. The smallest absolute Gasteiger partial charge is 0.226 e. The van der Waals surface area contributed by atoms with Crippen LogP contribution in [0.15, 0.2) is 29.2 Å². The number of sulfone groups is 1. The molecule has 1 fully saturated rings. The number of nitrogens with zero attached hydrogens (tertiary/aromatic N) is 1. The average molecular weight is 328 g/mol. The SMILES string of the molecule is CC(CS(=O)(=O)c1ccc(F)cc1)C(=O)N1CCNC[C@@H]1C. The molecular formula is C15H21FN2O3S. The van der Waals surface area contributed by atoms with Crippen LogP contribution in [0.5, 0.6) is 0 Å². The van der Waals surface area contributed by atoms with Crippen LogP contribution < -0.4 is 5.32 Å². The number of hydrogen-bond donors (Lipinski definition) is 1. The Kier molecular flexibility index (Phi) is 5.18. The highest BCUT2D eigenvalue weighted by atomic mass is 32.2. The fourth-order valence-electron chi connectivity index (χ4n) is 2.59. The number of carbonyl (C=O) groups excluding carboxylic acids is 1. The predicted molar refractivity (Wildman–Crippen MR) is 81.7 cm³/mol. The second-order valence-electron chi connectivity index (χ2n) is 5.72. The zero-order valence-electron chi connectivity index (χ0n) is 12.8. The third-order valence-electron chi connectivity index (χ3n) is 3.85. The van der Waals surface area contributed by atoms with Gasteiger partial charge >= 0.3 is 0 Å². The van der Waals surface area contributed by atoms with Crippen molar-refractivity contribution in [2.45, 2.75) is 24.8 Å². The Morgan fingerprint density at radius 2 is 2.05 bits per heavy atom. The molecule has 5 nitrogen and oxygen atoms in total. The fraction of sp³-hybridized carbons (Fsp3) is 0.533. The first-order chi connectivity index (χ1) is 10.3. The molecular weight excluding hydrogens is 307 g/mol. The maximum absolute atomic E-state index is 12.9. The summed E-state index contributed by atoms with van der Waals surface area (Å²) >= 11 is 0. The summed E-state index contributed by atoms with van der Waals surface area (Å²) in [5.74, 6) is -1.54. The molecule has 2 rings (SSSR count). The van der Waals surface area contributed by atoms with Gasteiger partial charge in [0, 0.05) is 31.6 Å². The van der Waals surface area contributed by atoms with Crippen LogP contribution in [-0.2, 0) is 14.6 Å². The van der Waals surface area contributed by atoms with E-state index >= 15 is 0 Å². The zero-order valence-corrected chi connectivity index (χ0v) is 13.6. The van der Waals surface area contributed by atoms with Gasteiger partial charge in [-0.15, -0.1) is 0 Å². The lowest BCUT2D eigenvalue weighted by atomic mass is 10.1. The molecule has 0 radical (unpaired) electrons. The molecule has 1 aromatic carbocycles. The molecule has 1 unspecified atom stereocenters. The van der Waals surface area contributed by atoms with Crippen LogP contribution in [0, 0.1) is 11.7 Å². The van der Waals surface area contributed by atoms with E-state index in [4.69, 9.17) is 0 Å². The van der Waals surface area contributed by atoms with Crippen molar-refractivity contribution in [3.63, 3.8) is 0 Å². The maximum atomic E-state index is 12.9. The van der Waals surface area contributed by atoms with Crippen molar-refractivity contribution < 1.29 is 17.6 Å². The van der Waals surface area contributed by atoms with Crippen molar-refractivity contribution in [2.24, 2.45) is 5.92 Å². The van der Waals surface area contributed by atoms with Gasteiger partial charge in [0.2, 0.25) is 5.91 Å². The number of nitrogens with one attached hydrogen (secondary N) is 1. The van der Waals surface area contributed by atoms with Gasteiger partial charge in [0.05, 0.1) is 10.6 Å². The molecule has 1 heterocycles. The van der Waals surface area contributed by atoms with Gasteiger partial charge in [-0.3, -0.25) is 4.79 Å². The van der Waals surface area contributed by atoms with E-state index in [1.165, 1.54) is 12.1 Å². The van der Waals surface area contributed by atoms with Gasteiger partial charge in [-0.05, 0) is 31.2 Å². The predicted octanol–water partition coefficient (Wildman–Crippen LogP) is 1.06. The molecule has 0 aliphatic carbocycles. The number of hydrogen-bond acceptors (Lipinski definition) is 4. The standard InChI is InChI=1S/C15H21FN2O3S/c1-11(15(19)18-8-7-17-9-12(18)2)10-22(20,21)14-5-3-13(16)4-6-14/h3-6,11-12,17H,7-10H2,1-2H3/t11?,12-/m0/s1. The van der Waals surface area contributed by atoms with E-state index in [0.717, 1.165) is 12.1 Å². The summed E-state index contributed by atoms with van der Waals surface area (Å²) in [6.07, 6.45) is 0. The van der Waals surface area contributed by atoms with Crippen LogP contribution in [0.1, 0.15) is 13.8 Å². The van der Waals surface area contributed by atoms with Gasteiger partial charge in [0.15, 0.2) is 9.84 Å². The molecule has 1 aliphatic heterocycles. The molecule has 1 aromatic rings. The largest absolute Gasteiger partial charge is 0.337 e. The van der Waals surface area contributed by atoms with E-state index in [2.05, 4.69) is 5.32 Å². The first kappa shape index (κ1) is 16.9. The molecule has 0 saturated carbocycles. The molecule has 0 bridgehead atoms. The minimum atomic E-state index is -3.61. The summed E-state index contributed by atoms with van der Waals surface area (Å²) in [5, 5.41) is 3.19. The van der Waals surface area contributed by atoms with Crippen molar-refractivity contribution in [1.29, 1.82) is 0 Å². The molecule has 0 spiro atoms. The highest BCUT2D eigenvalue weighted by Crippen LogP contribution is 2.17. The third-order valence-corrected chi connectivity index (χ3v) is 5.78. The number of benzene rings is 1. The van der Waals surface area contributed by atoms with Crippen LogP contribution in [0.4, 0.5) is 4.39 Å². The normalized spacial score (nSPS) is 20.7. The Labute approximate surface area is 130 Å². The number of carbonyl (C=O) groups is 1. The van der Waals surface area contributed by atoms with E-state index in [9.17, 15) is 17.6 Å². The third kappa shape index (κ3) is 3.84. The van der Waals surface area contributed by atoms with Gasteiger partial charge in [-0.1, -0.05) is 6.92 Å². The van der Waals surface area contributed by atoms with Crippen molar-refractivity contribution in [2.75, 3.05) is 25.4 Å². The number of rotatable bonds is 4. The summed E-state index contributed by atoms with van der Waals surface area (Å²) < 4.78 is 37.5. The molecule has 1 amide bonds. The van der Waals surface area contributed by atoms with Crippen molar-refractivity contribution in [1.82, 2.24) is 10.2 Å². The summed E-state index contributed by atoms with van der Waals surface area (Å²) in [6.45, 7) is 5.57. The number of amides is 1.